The quantitative estimate of drug-likeness (QED) is 0.535. The first-order valence-electron chi connectivity index (χ1n) is 3.40. The number of hydrogen-bond donors (Lipinski definition) is 0. The van der Waals surface area contributed by atoms with Crippen molar-refractivity contribution in [1.29, 1.82) is 0 Å². The second-order valence-electron chi connectivity index (χ2n) is 3.07. The van der Waals surface area contributed by atoms with Gasteiger partial charge in [-0.1, -0.05) is 11.6 Å². The average Bonchev–Trinajstić information content (AvgIpc) is 1.84. The van der Waals surface area contributed by atoms with Crippen molar-refractivity contribution >= 4 is 19.4 Å². The third-order valence-corrected chi connectivity index (χ3v) is 2.74. The number of hydrogen-bond acceptors (Lipinski definition) is 4. The Morgan fingerprint density at radius 2 is 1.92 bits per heavy atom. The van der Waals surface area contributed by atoms with Crippen LogP contribution in [0.5, 0.6) is 0 Å². The van der Waals surface area contributed by atoms with Crippen LogP contribution in [0, 0.1) is 0 Å². The fraction of sp³-hybridized carbons (Fsp3) is 1.00. The molecule has 0 fully saturated rings. The summed E-state index contributed by atoms with van der Waals surface area (Å²) in [5.74, 6) is 0. The molecule has 0 saturated carbocycles. The van der Waals surface area contributed by atoms with E-state index in [4.69, 9.17) is 16.1 Å². The van der Waals surface area contributed by atoms with Crippen LogP contribution in [0.25, 0.3) is 0 Å². The molecule has 0 radical (unpaired) electrons. The Morgan fingerprint density at radius 3 is 2.17 bits per heavy atom. The maximum Gasteiger partial charge on any atom is 0.476 e. The van der Waals surface area contributed by atoms with Crippen molar-refractivity contribution in [2.24, 2.45) is 0 Å². The number of phosphoric ester groups is 1. The lowest BCUT2D eigenvalue weighted by Gasteiger charge is -2.24. The number of rotatable bonds is 4. The average molecular weight is 217 g/mol. The zero-order valence-electron chi connectivity index (χ0n) is 7.67. The second-order valence-corrected chi connectivity index (χ2v) is 4.99. The monoisotopic (exact) mass is 216 g/mol. The van der Waals surface area contributed by atoms with Crippen molar-refractivity contribution < 1.29 is 18.1 Å². The van der Waals surface area contributed by atoms with Gasteiger partial charge in [0.1, 0.15) is 6.07 Å². The minimum Gasteiger partial charge on any atom is -0.290 e. The molecule has 12 heavy (non-hydrogen) atoms. The highest BCUT2D eigenvalue weighted by atomic mass is 35.5. The summed E-state index contributed by atoms with van der Waals surface area (Å²) in [6.07, 6.45) is 0. The SMILES string of the molecule is COP(=O)(OCCl)OC(C)(C)C. The first kappa shape index (κ1) is 12.4. The summed E-state index contributed by atoms with van der Waals surface area (Å²) in [4.78, 5) is 0. The lowest BCUT2D eigenvalue weighted by molar-refractivity contribution is 0.0590. The molecule has 0 aliphatic carbocycles. The maximum absolute atomic E-state index is 11.4. The van der Waals surface area contributed by atoms with Gasteiger partial charge in [0, 0.05) is 7.11 Å². The van der Waals surface area contributed by atoms with Gasteiger partial charge >= 0.3 is 7.82 Å². The summed E-state index contributed by atoms with van der Waals surface area (Å²) < 4.78 is 25.7. The molecule has 0 aliphatic rings. The van der Waals surface area contributed by atoms with E-state index in [2.05, 4.69) is 9.05 Å². The third-order valence-electron chi connectivity index (χ3n) is 0.816. The molecule has 0 rings (SSSR count). The highest BCUT2D eigenvalue weighted by molar-refractivity contribution is 7.48. The van der Waals surface area contributed by atoms with Crippen molar-refractivity contribution in [2.75, 3.05) is 13.2 Å². The number of phosphoric acid groups is 1. The fourth-order valence-corrected chi connectivity index (χ4v) is 1.89. The Hall–Kier alpha value is 0.400. The normalized spacial score (nSPS) is 17.4. The topological polar surface area (TPSA) is 44.8 Å². The standard InChI is InChI=1S/C6H14ClO4P/c1-6(2,3)11-12(8,9-4)10-5-7/h5H2,1-4H3. The summed E-state index contributed by atoms with van der Waals surface area (Å²) in [5.41, 5.74) is -0.586. The van der Waals surface area contributed by atoms with Gasteiger partial charge in [0.25, 0.3) is 0 Å². The van der Waals surface area contributed by atoms with Crippen LogP contribution >= 0.6 is 19.4 Å². The van der Waals surface area contributed by atoms with Crippen molar-refractivity contribution in [3.8, 4) is 0 Å². The van der Waals surface area contributed by atoms with Crippen LogP contribution < -0.4 is 0 Å². The molecule has 0 saturated heterocycles. The van der Waals surface area contributed by atoms with Crippen LogP contribution in [0.1, 0.15) is 20.8 Å². The summed E-state index contributed by atoms with van der Waals surface area (Å²) in [6, 6.07) is -0.221. The summed E-state index contributed by atoms with van der Waals surface area (Å²) in [5, 5.41) is 0. The number of halogens is 1. The molecular weight excluding hydrogens is 202 g/mol. The molecule has 0 heterocycles. The van der Waals surface area contributed by atoms with Crippen molar-refractivity contribution in [1.82, 2.24) is 0 Å². The lowest BCUT2D eigenvalue weighted by atomic mass is 10.2. The van der Waals surface area contributed by atoms with E-state index >= 15 is 0 Å². The van der Waals surface area contributed by atoms with Crippen LogP contribution in [-0.2, 0) is 18.1 Å². The minimum atomic E-state index is -3.45. The smallest absolute Gasteiger partial charge is 0.290 e. The predicted molar refractivity (Wildman–Crippen MR) is 47.3 cm³/mol. The van der Waals surface area contributed by atoms with Crippen molar-refractivity contribution in [2.45, 2.75) is 26.4 Å². The van der Waals surface area contributed by atoms with E-state index in [1.165, 1.54) is 7.11 Å². The molecule has 1 unspecified atom stereocenters. The highest BCUT2D eigenvalue weighted by Crippen LogP contribution is 2.51. The Labute approximate surface area is 77.8 Å². The zero-order chi connectivity index (χ0) is 9.83. The Morgan fingerprint density at radius 1 is 1.42 bits per heavy atom. The molecular formula is C6H14ClO4P. The van der Waals surface area contributed by atoms with Gasteiger partial charge in [0.2, 0.25) is 0 Å². The third kappa shape index (κ3) is 5.12. The fourth-order valence-electron chi connectivity index (χ4n) is 0.511. The molecule has 0 aliphatic heterocycles. The molecule has 74 valence electrons. The molecule has 0 aromatic heterocycles. The molecule has 4 nitrogen and oxygen atoms in total. The number of alkyl halides is 1. The van der Waals surface area contributed by atoms with E-state index < -0.39 is 13.4 Å². The van der Waals surface area contributed by atoms with Crippen LogP contribution in [0.4, 0.5) is 0 Å². The van der Waals surface area contributed by atoms with Gasteiger partial charge in [-0.3, -0.25) is 13.6 Å². The summed E-state index contributed by atoms with van der Waals surface area (Å²) in [6.45, 7) is 5.24. The van der Waals surface area contributed by atoms with Gasteiger partial charge in [-0.25, -0.2) is 4.57 Å². The lowest BCUT2D eigenvalue weighted by Crippen LogP contribution is -2.18. The van der Waals surface area contributed by atoms with Gasteiger partial charge in [-0.05, 0) is 20.8 Å². The molecule has 6 heteroatoms. The predicted octanol–water partition coefficient (Wildman–Crippen LogP) is 2.77. The van der Waals surface area contributed by atoms with Crippen LogP contribution in [-0.4, -0.2) is 18.8 Å². The first-order chi connectivity index (χ1) is 5.33. The largest absolute Gasteiger partial charge is 0.476 e. The van der Waals surface area contributed by atoms with E-state index in [-0.39, 0.29) is 6.07 Å². The molecule has 0 N–H and O–H groups in total. The van der Waals surface area contributed by atoms with E-state index in [1.54, 1.807) is 20.8 Å². The van der Waals surface area contributed by atoms with E-state index in [9.17, 15) is 4.57 Å². The van der Waals surface area contributed by atoms with E-state index in [1.807, 2.05) is 0 Å². The molecule has 0 bridgehead atoms. The van der Waals surface area contributed by atoms with Gasteiger partial charge in [-0.2, -0.15) is 0 Å². The summed E-state index contributed by atoms with van der Waals surface area (Å²) >= 11 is 5.24. The van der Waals surface area contributed by atoms with E-state index in [0.717, 1.165) is 0 Å². The van der Waals surface area contributed by atoms with Crippen LogP contribution in [0.15, 0.2) is 0 Å². The van der Waals surface area contributed by atoms with Gasteiger partial charge in [0.05, 0.1) is 5.60 Å². The highest BCUT2D eigenvalue weighted by Gasteiger charge is 2.30. The molecule has 0 aromatic rings. The van der Waals surface area contributed by atoms with Crippen molar-refractivity contribution in [3.05, 3.63) is 0 Å². The molecule has 0 amide bonds. The first-order valence-corrected chi connectivity index (χ1v) is 5.39. The van der Waals surface area contributed by atoms with Crippen LogP contribution in [0.2, 0.25) is 0 Å². The van der Waals surface area contributed by atoms with Gasteiger partial charge in [0.15, 0.2) is 0 Å². The molecule has 0 spiro atoms. The van der Waals surface area contributed by atoms with Crippen LogP contribution in [0.3, 0.4) is 0 Å². The van der Waals surface area contributed by atoms with E-state index in [0.29, 0.717) is 0 Å². The Balaban J connectivity index is 4.25. The zero-order valence-corrected chi connectivity index (χ0v) is 9.32. The second kappa shape index (κ2) is 4.58. The van der Waals surface area contributed by atoms with Gasteiger partial charge in [-0.15, -0.1) is 0 Å². The van der Waals surface area contributed by atoms with Crippen molar-refractivity contribution in [3.63, 3.8) is 0 Å². The molecule has 0 aromatic carbocycles. The maximum atomic E-state index is 11.4. The Kier molecular flexibility index (Phi) is 4.74. The van der Waals surface area contributed by atoms with Gasteiger partial charge < -0.3 is 0 Å². The minimum absolute atomic E-state index is 0.221. The summed E-state index contributed by atoms with van der Waals surface area (Å²) in [7, 11) is -2.20. The molecule has 1 atom stereocenters. The Bertz CT molecular complexity index is 177.